The highest BCUT2D eigenvalue weighted by molar-refractivity contribution is 6.04. The number of benzene rings is 2. The molecule has 0 aliphatic heterocycles. The predicted octanol–water partition coefficient (Wildman–Crippen LogP) is 3.35. The summed E-state index contributed by atoms with van der Waals surface area (Å²) >= 11 is 0. The predicted molar refractivity (Wildman–Crippen MR) is 99.7 cm³/mol. The average molecular weight is 360 g/mol. The summed E-state index contributed by atoms with van der Waals surface area (Å²) in [5, 5.41) is 6.09. The van der Waals surface area contributed by atoms with E-state index < -0.39 is 5.82 Å². The molecule has 140 valence electrons. The lowest BCUT2D eigenvalue weighted by Gasteiger charge is -2.10. The molecule has 0 unspecified atom stereocenters. The fraction of sp³-hybridized carbons (Fsp3) is 0.350. The lowest BCUT2D eigenvalue weighted by molar-refractivity contribution is 0.0604. The minimum Gasteiger partial charge on any atom is -0.382 e. The van der Waals surface area contributed by atoms with Gasteiger partial charge in [-0.2, -0.15) is 0 Å². The minimum absolute atomic E-state index is 0.0918. The van der Waals surface area contributed by atoms with Gasteiger partial charge < -0.3 is 20.1 Å². The summed E-state index contributed by atoms with van der Waals surface area (Å²) in [5.74, 6) is -0.685. The van der Waals surface area contributed by atoms with E-state index in [1.54, 1.807) is 7.11 Å². The average Bonchev–Trinajstić information content (AvgIpc) is 2.65. The van der Waals surface area contributed by atoms with Crippen molar-refractivity contribution in [3.8, 4) is 0 Å². The summed E-state index contributed by atoms with van der Waals surface area (Å²) < 4.78 is 24.1. The monoisotopic (exact) mass is 360 g/mol. The van der Waals surface area contributed by atoms with Crippen LogP contribution in [0.5, 0.6) is 0 Å². The van der Waals surface area contributed by atoms with E-state index >= 15 is 0 Å². The van der Waals surface area contributed by atoms with Crippen molar-refractivity contribution in [3.05, 3.63) is 65.0 Å². The van der Waals surface area contributed by atoms with Crippen LogP contribution in [0.1, 0.15) is 28.4 Å². The maximum absolute atomic E-state index is 13.9. The molecule has 6 heteroatoms. The second-order valence-electron chi connectivity index (χ2n) is 5.79. The molecule has 0 atom stereocenters. The molecule has 2 rings (SSSR count). The first-order chi connectivity index (χ1) is 12.6. The highest BCUT2D eigenvalue weighted by Gasteiger charge is 2.11. The normalized spacial score (nSPS) is 10.7. The summed E-state index contributed by atoms with van der Waals surface area (Å²) in [6, 6.07) is 11.9. The Morgan fingerprint density at radius 1 is 1.15 bits per heavy atom. The van der Waals surface area contributed by atoms with E-state index in [1.165, 1.54) is 18.2 Å². The topological polar surface area (TPSA) is 59.6 Å². The van der Waals surface area contributed by atoms with Crippen LogP contribution in [-0.2, 0) is 22.6 Å². The van der Waals surface area contributed by atoms with Crippen molar-refractivity contribution in [1.29, 1.82) is 0 Å². The van der Waals surface area contributed by atoms with Crippen molar-refractivity contribution in [2.45, 2.75) is 20.1 Å². The number of methoxy groups -OCH3 is 1. The van der Waals surface area contributed by atoms with Gasteiger partial charge >= 0.3 is 0 Å². The number of ether oxygens (including phenoxy) is 2. The Bertz CT molecular complexity index is 722. The number of carbonyl (C=O) groups is 1. The Morgan fingerprint density at radius 3 is 2.77 bits per heavy atom. The lowest BCUT2D eigenvalue weighted by atomic mass is 10.1. The largest absolute Gasteiger partial charge is 0.382 e. The number of nitrogens with one attached hydrogen (secondary N) is 2. The fourth-order valence-corrected chi connectivity index (χ4v) is 2.38. The quantitative estimate of drug-likeness (QED) is 0.638. The molecule has 0 saturated heterocycles. The number of halogens is 1. The third-order valence-corrected chi connectivity index (χ3v) is 3.76. The standard InChI is InChI=1S/C20H25FN2O3/c1-3-22-13-15-5-4-6-18(11-15)23-20(24)16-7-8-19(21)17(12-16)14-26-10-9-25-2/h4-8,11-12,22H,3,9-10,13-14H2,1-2H3,(H,23,24). The molecule has 2 aromatic carbocycles. The molecule has 1 amide bonds. The first-order valence-corrected chi connectivity index (χ1v) is 8.60. The summed E-state index contributed by atoms with van der Waals surface area (Å²) in [6.07, 6.45) is 0. The molecule has 0 saturated carbocycles. The second-order valence-corrected chi connectivity index (χ2v) is 5.79. The molecule has 0 bridgehead atoms. The Balaban J connectivity index is 2.02. The van der Waals surface area contributed by atoms with E-state index in [0.29, 0.717) is 30.0 Å². The van der Waals surface area contributed by atoms with Gasteiger partial charge in [0.25, 0.3) is 5.91 Å². The van der Waals surface area contributed by atoms with Crippen molar-refractivity contribution in [3.63, 3.8) is 0 Å². The third kappa shape index (κ3) is 6.22. The first-order valence-electron chi connectivity index (χ1n) is 8.60. The number of carbonyl (C=O) groups excluding carboxylic acids is 1. The number of anilines is 1. The van der Waals surface area contributed by atoms with Crippen LogP contribution in [0, 0.1) is 5.82 Å². The molecule has 0 spiro atoms. The molecule has 0 radical (unpaired) electrons. The van der Waals surface area contributed by atoms with Gasteiger partial charge in [-0.1, -0.05) is 19.1 Å². The van der Waals surface area contributed by atoms with E-state index in [0.717, 1.165) is 18.7 Å². The Morgan fingerprint density at radius 2 is 2.00 bits per heavy atom. The van der Waals surface area contributed by atoms with E-state index in [1.807, 2.05) is 31.2 Å². The highest BCUT2D eigenvalue weighted by atomic mass is 19.1. The van der Waals surface area contributed by atoms with Crippen LogP contribution in [0.3, 0.4) is 0 Å². The van der Waals surface area contributed by atoms with Crippen LogP contribution >= 0.6 is 0 Å². The Labute approximate surface area is 153 Å². The zero-order valence-electron chi connectivity index (χ0n) is 15.2. The number of amides is 1. The van der Waals surface area contributed by atoms with Gasteiger partial charge in [0.2, 0.25) is 0 Å². The minimum atomic E-state index is -0.397. The SMILES string of the molecule is CCNCc1cccc(NC(=O)c2ccc(F)c(COCCOC)c2)c1. The highest BCUT2D eigenvalue weighted by Crippen LogP contribution is 2.15. The molecule has 0 aliphatic rings. The summed E-state index contributed by atoms with van der Waals surface area (Å²) in [4.78, 5) is 12.5. The van der Waals surface area contributed by atoms with Crippen molar-refractivity contribution in [2.24, 2.45) is 0 Å². The maximum atomic E-state index is 13.9. The van der Waals surface area contributed by atoms with Gasteiger partial charge in [-0.05, 0) is 42.4 Å². The molecule has 0 aromatic heterocycles. The van der Waals surface area contributed by atoms with Gasteiger partial charge in [0.1, 0.15) is 5.82 Å². The number of hydrogen-bond acceptors (Lipinski definition) is 4. The lowest BCUT2D eigenvalue weighted by Crippen LogP contribution is -2.14. The van der Waals surface area contributed by atoms with Crippen molar-refractivity contribution in [1.82, 2.24) is 5.32 Å². The molecule has 2 N–H and O–H groups in total. The fourth-order valence-electron chi connectivity index (χ4n) is 2.38. The van der Waals surface area contributed by atoms with Crippen LogP contribution in [0.4, 0.5) is 10.1 Å². The van der Waals surface area contributed by atoms with Gasteiger partial charge in [0.15, 0.2) is 0 Å². The van der Waals surface area contributed by atoms with E-state index in [2.05, 4.69) is 10.6 Å². The van der Waals surface area contributed by atoms with Gasteiger partial charge in [0.05, 0.1) is 19.8 Å². The van der Waals surface area contributed by atoms with Crippen LogP contribution in [-0.4, -0.2) is 32.8 Å². The van der Waals surface area contributed by atoms with E-state index in [-0.39, 0.29) is 12.5 Å². The second kappa shape index (κ2) is 10.7. The molecule has 26 heavy (non-hydrogen) atoms. The zero-order valence-corrected chi connectivity index (χ0v) is 15.2. The van der Waals surface area contributed by atoms with Gasteiger partial charge in [0, 0.05) is 30.5 Å². The van der Waals surface area contributed by atoms with Crippen LogP contribution in [0.25, 0.3) is 0 Å². The van der Waals surface area contributed by atoms with Crippen molar-refractivity contribution >= 4 is 11.6 Å². The van der Waals surface area contributed by atoms with Gasteiger partial charge in [-0.15, -0.1) is 0 Å². The number of rotatable bonds is 10. The molecule has 2 aromatic rings. The summed E-state index contributed by atoms with van der Waals surface area (Å²) in [5.41, 5.74) is 2.51. The smallest absolute Gasteiger partial charge is 0.255 e. The van der Waals surface area contributed by atoms with Crippen LogP contribution < -0.4 is 10.6 Å². The summed E-state index contributed by atoms with van der Waals surface area (Å²) in [6.45, 7) is 4.54. The zero-order chi connectivity index (χ0) is 18.8. The third-order valence-electron chi connectivity index (χ3n) is 3.76. The number of hydrogen-bond donors (Lipinski definition) is 2. The molecular formula is C20H25FN2O3. The maximum Gasteiger partial charge on any atom is 0.255 e. The van der Waals surface area contributed by atoms with E-state index in [9.17, 15) is 9.18 Å². The molecule has 0 heterocycles. The molecular weight excluding hydrogens is 335 g/mol. The Kier molecular flexibility index (Phi) is 8.21. The Hall–Kier alpha value is -2.28. The van der Waals surface area contributed by atoms with Crippen molar-refractivity contribution in [2.75, 3.05) is 32.2 Å². The van der Waals surface area contributed by atoms with E-state index in [4.69, 9.17) is 9.47 Å². The van der Waals surface area contributed by atoms with Gasteiger partial charge in [-0.3, -0.25) is 4.79 Å². The first kappa shape index (κ1) is 20.0. The van der Waals surface area contributed by atoms with Gasteiger partial charge in [-0.25, -0.2) is 4.39 Å². The van der Waals surface area contributed by atoms with Crippen LogP contribution in [0.15, 0.2) is 42.5 Å². The summed E-state index contributed by atoms with van der Waals surface area (Å²) in [7, 11) is 1.57. The molecule has 5 nitrogen and oxygen atoms in total. The van der Waals surface area contributed by atoms with Crippen molar-refractivity contribution < 1.29 is 18.7 Å². The molecule has 0 fully saturated rings. The van der Waals surface area contributed by atoms with Crippen LogP contribution in [0.2, 0.25) is 0 Å². The molecule has 0 aliphatic carbocycles.